The first-order chi connectivity index (χ1) is 12.6. The minimum atomic E-state index is -2.16. The van der Waals surface area contributed by atoms with Gasteiger partial charge in [0, 0.05) is 35.2 Å². The van der Waals surface area contributed by atoms with E-state index in [2.05, 4.69) is 0 Å². The zero-order valence-electron chi connectivity index (χ0n) is 15.0. The Bertz CT molecular complexity index is 610. The second-order valence-corrected chi connectivity index (χ2v) is 7.65. The Morgan fingerprint density at radius 3 is 1.93 bits per heavy atom. The molecule has 0 radical (unpaired) electrons. The molecular formula is C18H23O9-3. The first kappa shape index (κ1) is 21.1. The number of rotatable bonds is 9. The van der Waals surface area contributed by atoms with E-state index in [1.165, 1.54) is 0 Å². The molecule has 1 unspecified atom stereocenters. The molecule has 2 atom stereocenters. The summed E-state index contributed by atoms with van der Waals surface area (Å²) < 4.78 is 5.37. The van der Waals surface area contributed by atoms with Crippen LogP contribution in [0.1, 0.15) is 70.6 Å². The van der Waals surface area contributed by atoms with Gasteiger partial charge in [0.1, 0.15) is 0 Å². The summed E-state index contributed by atoms with van der Waals surface area (Å²) in [6.07, 6.45) is -0.305. The summed E-state index contributed by atoms with van der Waals surface area (Å²) in [4.78, 5) is 45.1. The fourth-order valence-electron chi connectivity index (χ4n) is 4.89. The van der Waals surface area contributed by atoms with Gasteiger partial charge in [-0.3, -0.25) is 4.79 Å². The first-order valence-corrected chi connectivity index (χ1v) is 9.10. The lowest BCUT2D eigenvalue weighted by Gasteiger charge is -2.61. The van der Waals surface area contributed by atoms with Crippen molar-refractivity contribution in [2.75, 3.05) is 0 Å². The van der Waals surface area contributed by atoms with Crippen molar-refractivity contribution in [3.05, 3.63) is 0 Å². The Kier molecular flexibility index (Phi) is 6.14. The molecule has 152 valence electrons. The van der Waals surface area contributed by atoms with Crippen molar-refractivity contribution in [3.63, 3.8) is 0 Å². The lowest BCUT2D eigenvalue weighted by molar-refractivity contribution is -0.356. The van der Waals surface area contributed by atoms with Crippen LogP contribution in [-0.4, -0.2) is 34.8 Å². The summed E-state index contributed by atoms with van der Waals surface area (Å²) in [5, 5.41) is 44.6. The summed E-state index contributed by atoms with van der Waals surface area (Å²) in [5.74, 6) is -6.91. The van der Waals surface area contributed by atoms with Crippen LogP contribution in [0.25, 0.3) is 0 Å². The van der Waals surface area contributed by atoms with E-state index < -0.39 is 53.3 Å². The van der Waals surface area contributed by atoms with E-state index in [4.69, 9.17) is 4.74 Å². The number of carbonyl (C=O) groups excluding carboxylic acids is 4. The predicted molar refractivity (Wildman–Crippen MR) is 81.7 cm³/mol. The molecule has 1 aliphatic heterocycles. The van der Waals surface area contributed by atoms with Gasteiger partial charge in [0.15, 0.2) is 0 Å². The molecule has 27 heavy (non-hydrogen) atoms. The Morgan fingerprint density at radius 1 is 0.889 bits per heavy atom. The fraction of sp³-hybridized carbons (Fsp3) is 0.778. The topological polar surface area (TPSA) is 167 Å². The average molecular weight is 383 g/mol. The smallest absolute Gasteiger partial charge is 0.308 e. The molecule has 0 aromatic heterocycles. The van der Waals surface area contributed by atoms with E-state index in [0.717, 1.165) is 0 Å². The number of hydrogen-bond donors (Lipinski definition) is 1. The van der Waals surface area contributed by atoms with Crippen molar-refractivity contribution in [1.29, 1.82) is 0 Å². The molecule has 1 saturated carbocycles. The molecule has 1 N–H and O–H groups in total. The molecule has 2 fully saturated rings. The highest BCUT2D eigenvalue weighted by atomic mass is 16.7. The number of esters is 1. The molecule has 9 nitrogen and oxygen atoms in total. The molecule has 2 aliphatic rings. The Hall–Kier alpha value is -2.16. The summed E-state index contributed by atoms with van der Waals surface area (Å²) in [6, 6.07) is 0. The standard InChI is InChI=1S/C18H26O9/c19-12(20)2-8-16(9-3-13(21)22)6-1-7-17(10-4-14(23)24)11-5-15(25)27-18(16,17)26/h26H,1-11H2,(H,19,20)(H,21,22)(H,23,24)/p-3/t17-,18?/m0/s1. The van der Waals surface area contributed by atoms with Crippen molar-refractivity contribution in [2.45, 2.75) is 76.4 Å². The molecule has 0 spiro atoms. The highest BCUT2D eigenvalue weighted by Crippen LogP contribution is 2.63. The van der Waals surface area contributed by atoms with Crippen LogP contribution in [0, 0.1) is 10.8 Å². The number of ether oxygens (including phenoxy) is 1. The van der Waals surface area contributed by atoms with Gasteiger partial charge in [-0.25, -0.2) is 0 Å². The van der Waals surface area contributed by atoms with Crippen LogP contribution in [-0.2, 0) is 23.9 Å². The van der Waals surface area contributed by atoms with E-state index in [-0.39, 0.29) is 44.9 Å². The van der Waals surface area contributed by atoms with Crippen LogP contribution in [0.2, 0.25) is 0 Å². The molecule has 0 aromatic carbocycles. The van der Waals surface area contributed by atoms with E-state index in [1.54, 1.807) is 0 Å². The van der Waals surface area contributed by atoms with Crippen molar-refractivity contribution < 1.29 is 44.3 Å². The minimum absolute atomic E-state index is 0.00753. The zero-order chi connectivity index (χ0) is 20.3. The molecule has 1 heterocycles. The predicted octanol–water partition coefficient (Wildman–Crippen LogP) is -2.24. The van der Waals surface area contributed by atoms with Gasteiger partial charge in [0.25, 0.3) is 0 Å². The quantitative estimate of drug-likeness (QED) is 0.433. The van der Waals surface area contributed by atoms with Crippen LogP contribution in [0.3, 0.4) is 0 Å². The van der Waals surface area contributed by atoms with Gasteiger partial charge in [-0.1, -0.05) is 6.42 Å². The van der Waals surface area contributed by atoms with Gasteiger partial charge in [-0.2, -0.15) is 0 Å². The lowest BCUT2D eigenvalue weighted by Crippen LogP contribution is -2.67. The second kappa shape index (κ2) is 7.84. The van der Waals surface area contributed by atoms with Crippen LogP contribution in [0.15, 0.2) is 0 Å². The second-order valence-electron chi connectivity index (χ2n) is 7.65. The van der Waals surface area contributed by atoms with Gasteiger partial charge in [0.05, 0.1) is 0 Å². The summed E-state index contributed by atoms with van der Waals surface area (Å²) >= 11 is 0. The fourth-order valence-corrected chi connectivity index (χ4v) is 4.89. The molecule has 0 amide bonds. The number of carboxylic acids is 3. The number of carboxylic acid groups (broad SMARTS) is 3. The number of aliphatic carboxylic acids is 3. The van der Waals surface area contributed by atoms with Crippen LogP contribution in [0.5, 0.6) is 0 Å². The summed E-state index contributed by atoms with van der Waals surface area (Å²) in [7, 11) is 0. The van der Waals surface area contributed by atoms with Crippen molar-refractivity contribution in [3.8, 4) is 0 Å². The molecule has 1 saturated heterocycles. The first-order valence-electron chi connectivity index (χ1n) is 9.10. The Morgan fingerprint density at radius 2 is 1.41 bits per heavy atom. The third-order valence-electron chi connectivity index (χ3n) is 6.24. The van der Waals surface area contributed by atoms with E-state index >= 15 is 0 Å². The van der Waals surface area contributed by atoms with E-state index in [0.29, 0.717) is 12.8 Å². The minimum Gasteiger partial charge on any atom is -0.550 e. The maximum atomic E-state index is 12.0. The normalized spacial score (nSPS) is 29.4. The van der Waals surface area contributed by atoms with Gasteiger partial charge >= 0.3 is 5.97 Å². The van der Waals surface area contributed by atoms with Gasteiger partial charge in [0.2, 0.25) is 5.79 Å². The number of fused-ring (bicyclic) bond motifs is 1. The maximum absolute atomic E-state index is 12.0. The highest BCUT2D eigenvalue weighted by Gasteiger charge is 2.67. The SMILES string of the molecule is O=C([O-])CCC1(CCC(=O)[O-])CCC[C@]2(CCC(=O)[O-])CCC(=O)OC12O. The van der Waals surface area contributed by atoms with Gasteiger partial charge < -0.3 is 39.5 Å². The zero-order valence-corrected chi connectivity index (χ0v) is 15.0. The number of carbonyl (C=O) groups is 4. The number of aliphatic hydroxyl groups is 1. The van der Waals surface area contributed by atoms with Gasteiger partial charge in [-0.15, -0.1) is 0 Å². The highest BCUT2D eigenvalue weighted by molar-refractivity contribution is 5.71. The van der Waals surface area contributed by atoms with Crippen LogP contribution < -0.4 is 15.3 Å². The Balaban J connectivity index is 2.48. The van der Waals surface area contributed by atoms with Crippen LogP contribution >= 0.6 is 0 Å². The average Bonchev–Trinajstić information content (AvgIpc) is 2.57. The molecule has 1 aliphatic carbocycles. The maximum Gasteiger partial charge on any atom is 0.308 e. The largest absolute Gasteiger partial charge is 0.550 e. The van der Waals surface area contributed by atoms with Crippen molar-refractivity contribution >= 4 is 23.9 Å². The van der Waals surface area contributed by atoms with Gasteiger partial charge in [-0.05, 0) is 57.8 Å². The Labute approximate surface area is 156 Å². The molecule has 2 rings (SSSR count). The molecule has 0 aromatic rings. The molecular weight excluding hydrogens is 360 g/mol. The molecule has 9 heteroatoms. The van der Waals surface area contributed by atoms with E-state index in [1.807, 2.05) is 0 Å². The third-order valence-corrected chi connectivity index (χ3v) is 6.24. The van der Waals surface area contributed by atoms with Crippen molar-refractivity contribution in [1.82, 2.24) is 0 Å². The van der Waals surface area contributed by atoms with E-state index in [9.17, 15) is 39.6 Å². The monoisotopic (exact) mass is 383 g/mol. The number of hydrogen-bond acceptors (Lipinski definition) is 9. The molecule has 0 bridgehead atoms. The van der Waals surface area contributed by atoms with Crippen molar-refractivity contribution in [2.24, 2.45) is 10.8 Å². The van der Waals surface area contributed by atoms with Crippen LogP contribution in [0.4, 0.5) is 0 Å². The summed E-state index contributed by atoms with van der Waals surface area (Å²) in [5.41, 5.74) is -2.44. The third kappa shape index (κ3) is 4.07. The lowest BCUT2D eigenvalue weighted by atomic mass is 9.51. The summed E-state index contributed by atoms with van der Waals surface area (Å²) in [6.45, 7) is 0.